The predicted octanol–water partition coefficient (Wildman–Crippen LogP) is 4.36. The SMILES string of the molecule is CCCCCCC[C@@H](O)[C@H](CNP(=O)(O)OCC[N+](CC)(CC)CC)NC(=O)CCCCC. The fourth-order valence-electron chi connectivity index (χ4n) is 4.02. The highest BCUT2D eigenvalue weighted by atomic mass is 31.2. The molecule has 0 aliphatic heterocycles. The van der Waals surface area contributed by atoms with Crippen LogP contribution in [0, 0.1) is 0 Å². The van der Waals surface area contributed by atoms with Crippen LogP contribution in [-0.4, -0.2) is 71.9 Å². The number of quaternary nitrogens is 1. The number of amides is 1. The molecule has 0 aromatic heterocycles. The van der Waals surface area contributed by atoms with Crippen molar-refractivity contribution in [2.75, 3.05) is 39.3 Å². The lowest BCUT2D eigenvalue weighted by molar-refractivity contribution is -0.923. The number of unbranched alkanes of at least 4 members (excludes halogenated alkanes) is 6. The van der Waals surface area contributed by atoms with Crippen molar-refractivity contribution in [2.45, 2.75) is 111 Å². The molecule has 0 heterocycles. The largest absolute Gasteiger partial charge is 0.403 e. The number of aliphatic hydroxyl groups excluding tert-OH is 1. The maximum absolute atomic E-state index is 12.5. The lowest BCUT2D eigenvalue weighted by Crippen LogP contribution is -2.50. The topological polar surface area (TPSA) is 108 Å². The molecule has 1 unspecified atom stereocenters. The van der Waals surface area contributed by atoms with E-state index in [-0.39, 0.29) is 19.1 Å². The maximum atomic E-state index is 12.5. The van der Waals surface area contributed by atoms with Crippen LogP contribution in [0.3, 0.4) is 0 Å². The number of hydrogen-bond acceptors (Lipinski definition) is 4. The molecule has 0 radical (unpaired) electrons. The van der Waals surface area contributed by atoms with E-state index in [0.717, 1.165) is 69.1 Å². The average Bonchev–Trinajstić information content (AvgIpc) is 2.79. The van der Waals surface area contributed by atoms with E-state index in [0.29, 0.717) is 19.4 Å². The van der Waals surface area contributed by atoms with Crippen LogP contribution in [0.4, 0.5) is 0 Å². The van der Waals surface area contributed by atoms with E-state index >= 15 is 0 Å². The van der Waals surface area contributed by atoms with E-state index in [1.807, 2.05) is 0 Å². The van der Waals surface area contributed by atoms with Crippen molar-refractivity contribution in [3.8, 4) is 0 Å². The van der Waals surface area contributed by atoms with E-state index in [1.165, 1.54) is 6.42 Å². The Labute approximate surface area is 203 Å². The van der Waals surface area contributed by atoms with Crippen molar-refractivity contribution in [3.63, 3.8) is 0 Å². The summed E-state index contributed by atoms with van der Waals surface area (Å²) in [4.78, 5) is 22.6. The van der Waals surface area contributed by atoms with Gasteiger partial charge in [-0.3, -0.25) is 9.32 Å². The summed E-state index contributed by atoms with van der Waals surface area (Å²) in [6.45, 7) is 14.2. The van der Waals surface area contributed by atoms with Gasteiger partial charge in [0.15, 0.2) is 0 Å². The van der Waals surface area contributed by atoms with E-state index in [9.17, 15) is 19.4 Å². The molecule has 0 bridgehead atoms. The average molecular weight is 495 g/mol. The number of rotatable bonds is 22. The highest BCUT2D eigenvalue weighted by molar-refractivity contribution is 7.50. The van der Waals surface area contributed by atoms with Gasteiger partial charge in [0, 0.05) is 13.0 Å². The van der Waals surface area contributed by atoms with Gasteiger partial charge in [0.25, 0.3) is 0 Å². The van der Waals surface area contributed by atoms with Crippen LogP contribution in [0.5, 0.6) is 0 Å². The summed E-state index contributed by atoms with van der Waals surface area (Å²) in [5.41, 5.74) is 0. The first-order valence-electron chi connectivity index (χ1n) is 13.2. The number of nitrogens with one attached hydrogen (secondary N) is 2. The van der Waals surface area contributed by atoms with Gasteiger partial charge in [0.2, 0.25) is 5.91 Å². The monoisotopic (exact) mass is 494 g/mol. The minimum atomic E-state index is -4.04. The van der Waals surface area contributed by atoms with Gasteiger partial charge in [-0.1, -0.05) is 58.8 Å². The van der Waals surface area contributed by atoms with E-state index in [1.54, 1.807) is 0 Å². The molecule has 0 aromatic rings. The van der Waals surface area contributed by atoms with Gasteiger partial charge in [-0.05, 0) is 33.6 Å². The third kappa shape index (κ3) is 15.2. The normalized spacial score (nSPS) is 15.7. The quantitative estimate of drug-likeness (QED) is 0.101. The van der Waals surface area contributed by atoms with Gasteiger partial charge >= 0.3 is 7.75 Å². The van der Waals surface area contributed by atoms with Crippen LogP contribution >= 0.6 is 7.75 Å². The number of nitrogens with zero attached hydrogens (tertiary/aromatic N) is 1. The first-order valence-corrected chi connectivity index (χ1v) is 14.8. The number of carbonyl (C=O) groups excluding carboxylic acids is 1. The summed E-state index contributed by atoms with van der Waals surface area (Å²) < 4.78 is 18.7. The van der Waals surface area contributed by atoms with Crippen LogP contribution in [-0.2, 0) is 13.9 Å². The zero-order valence-corrected chi connectivity index (χ0v) is 22.9. The highest BCUT2D eigenvalue weighted by Crippen LogP contribution is 2.36. The molecule has 0 aromatic carbocycles. The number of carbonyl (C=O) groups is 1. The Hall–Kier alpha value is -0.500. The molecular formula is C24H53N3O5P+. The van der Waals surface area contributed by atoms with Crippen molar-refractivity contribution in [3.05, 3.63) is 0 Å². The van der Waals surface area contributed by atoms with Gasteiger partial charge in [-0.15, -0.1) is 0 Å². The molecular weight excluding hydrogens is 441 g/mol. The van der Waals surface area contributed by atoms with Crippen LogP contribution < -0.4 is 10.4 Å². The summed E-state index contributed by atoms with van der Waals surface area (Å²) in [5.74, 6) is -0.134. The second-order valence-electron chi connectivity index (χ2n) is 9.13. The molecule has 4 N–H and O–H groups in total. The van der Waals surface area contributed by atoms with Gasteiger partial charge < -0.3 is 19.8 Å². The summed E-state index contributed by atoms with van der Waals surface area (Å²) in [6.07, 6.45) is 8.31. The molecule has 198 valence electrons. The number of likely N-dealkylation sites (N-methyl/N-ethyl adjacent to an activating group) is 1. The molecule has 0 saturated heterocycles. The first kappa shape index (κ1) is 32.5. The van der Waals surface area contributed by atoms with E-state index in [2.05, 4.69) is 45.0 Å². The molecule has 0 aliphatic carbocycles. The molecule has 33 heavy (non-hydrogen) atoms. The lowest BCUT2D eigenvalue weighted by atomic mass is 10.0. The van der Waals surface area contributed by atoms with Crippen molar-refractivity contribution in [1.82, 2.24) is 10.4 Å². The number of hydrogen-bond donors (Lipinski definition) is 4. The van der Waals surface area contributed by atoms with Crippen molar-refractivity contribution >= 4 is 13.7 Å². The minimum Gasteiger partial charge on any atom is -0.391 e. The van der Waals surface area contributed by atoms with Crippen molar-refractivity contribution < 1.29 is 28.4 Å². The lowest BCUT2D eigenvalue weighted by Gasteiger charge is -2.35. The Morgan fingerprint density at radius 2 is 1.52 bits per heavy atom. The van der Waals surface area contributed by atoms with Gasteiger partial charge in [-0.2, -0.15) is 0 Å². The molecule has 0 saturated carbocycles. The Kier molecular flexibility index (Phi) is 18.5. The minimum absolute atomic E-state index is 0.0151. The van der Waals surface area contributed by atoms with Crippen molar-refractivity contribution in [2.24, 2.45) is 0 Å². The molecule has 0 spiro atoms. The number of aliphatic hydroxyl groups is 1. The van der Waals surface area contributed by atoms with Crippen LogP contribution in [0.2, 0.25) is 0 Å². The second kappa shape index (κ2) is 18.8. The Morgan fingerprint density at radius 3 is 2.09 bits per heavy atom. The third-order valence-corrected chi connectivity index (χ3v) is 7.89. The van der Waals surface area contributed by atoms with E-state index in [4.69, 9.17) is 4.52 Å². The molecule has 8 nitrogen and oxygen atoms in total. The molecule has 0 rings (SSSR count). The Balaban J connectivity index is 4.81. The van der Waals surface area contributed by atoms with Gasteiger partial charge in [0.05, 0.1) is 31.8 Å². The van der Waals surface area contributed by atoms with Crippen LogP contribution in [0.25, 0.3) is 0 Å². The molecule has 3 atom stereocenters. The standard InChI is InChI=1S/C24H52N3O5P/c1-6-11-13-14-16-17-23(28)22(26-24(29)18-15-12-7-2)21-25-33(30,31)32-20-19-27(8-3,9-4)10-5/h22-23,28H,6-21H2,1-5H3,(H2-,25,26,29,30,31)/p+1/t22-,23+/m0/s1. The molecule has 0 aliphatic rings. The van der Waals surface area contributed by atoms with Crippen LogP contribution in [0.15, 0.2) is 0 Å². The highest BCUT2D eigenvalue weighted by Gasteiger charge is 2.28. The van der Waals surface area contributed by atoms with Crippen LogP contribution in [0.1, 0.15) is 98.8 Å². The molecule has 0 fully saturated rings. The van der Waals surface area contributed by atoms with E-state index < -0.39 is 19.9 Å². The summed E-state index contributed by atoms with van der Waals surface area (Å²) in [5, 5.41) is 16.1. The summed E-state index contributed by atoms with van der Waals surface area (Å²) >= 11 is 0. The Morgan fingerprint density at radius 1 is 0.939 bits per heavy atom. The molecule has 9 heteroatoms. The van der Waals surface area contributed by atoms with Gasteiger partial charge in [0.1, 0.15) is 13.2 Å². The zero-order chi connectivity index (χ0) is 25.2. The maximum Gasteiger partial charge on any atom is 0.403 e. The predicted molar refractivity (Wildman–Crippen MR) is 136 cm³/mol. The fraction of sp³-hybridized carbons (Fsp3) is 0.958. The first-order chi connectivity index (χ1) is 15.7. The fourth-order valence-corrected chi connectivity index (χ4v) is 4.87. The van der Waals surface area contributed by atoms with Crippen molar-refractivity contribution in [1.29, 1.82) is 0 Å². The Bertz CT molecular complexity index is 538. The summed E-state index contributed by atoms with van der Waals surface area (Å²) in [7, 11) is -4.04. The third-order valence-electron chi connectivity index (χ3n) is 6.78. The zero-order valence-electron chi connectivity index (χ0n) is 22.0. The second-order valence-corrected chi connectivity index (χ2v) is 10.7. The molecule has 1 amide bonds. The summed E-state index contributed by atoms with van der Waals surface area (Å²) in [6, 6.07) is -0.633. The smallest absolute Gasteiger partial charge is 0.391 e. The van der Waals surface area contributed by atoms with Gasteiger partial charge in [-0.25, -0.2) is 9.65 Å².